The van der Waals surface area contributed by atoms with Crippen LogP contribution in [0.4, 0.5) is 18.9 Å². The van der Waals surface area contributed by atoms with E-state index >= 15 is 0 Å². The predicted octanol–water partition coefficient (Wildman–Crippen LogP) is 1.69. The van der Waals surface area contributed by atoms with Gasteiger partial charge in [0.15, 0.2) is 5.75 Å². The van der Waals surface area contributed by atoms with E-state index in [1.165, 1.54) is 18.2 Å². The third-order valence-corrected chi connectivity index (χ3v) is 4.60. The molecule has 1 aromatic carbocycles. The second kappa shape index (κ2) is 5.49. The maximum Gasteiger partial charge on any atom is 0.573 e. The molecular weight excluding hydrogens is 297 g/mol. The average molecular weight is 310 g/mol. The fourth-order valence-electron chi connectivity index (χ4n) is 1.89. The molecule has 1 atom stereocenters. The number of rotatable bonds is 4. The number of benzene rings is 1. The Morgan fingerprint density at radius 1 is 1.30 bits per heavy atom. The number of halogens is 3. The minimum atomic E-state index is -4.88. The van der Waals surface area contributed by atoms with E-state index in [0.29, 0.717) is 13.0 Å². The van der Waals surface area contributed by atoms with Crippen molar-refractivity contribution in [3.8, 4) is 5.75 Å². The van der Waals surface area contributed by atoms with Gasteiger partial charge in [-0.05, 0) is 25.1 Å². The standard InChI is InChI=1S/C11H13F3N2O3S/c12-11(13,14)19-10-4-2-1-3-9(10)16-20(17,18)8-5-6-15-7-8/h1-4,8,15-16H,5-7H2. The van der Waals surface area contributed by atoms with Crippen LogP contribution in [0.5, 0.6) is 5.75 Å². The highest BCUT2D eigenvalue weighted by Gasteiger charge is 2.33. The first-order valence-electron chi connectivity index (χ1n) is 5.85. The van der Waals surface area contributed by atoms with E-state index in [0.717, 1.165) is 6.07 Å². The molecule has 1 aliphatic rings. The van der Waals surface area contributed by atoms with Crippen molar-refractivity contribution in [3.05, 3.63) is 24.3 Å². The maximum atomic E-state index is 12.2. The zero-order chi connectivity index (χ0) is 14.8. The molecule has 5 nitrogen and oxygen atoms in total. The molecule has 0 amide bonds. The zero-order valence-corrected chi connectivity index (χ0v) is 11.1. The lowest BCUT2D eigenvalue weighted by atomic mass is 10.3. The molecule has 0 bridgehead atoms. The van der Waals surface area contributed by atoms with Crippen molar-refractivity contribution in [2.45, 2.75) is 18.0 Å². The molecule has 0 aliphatic carbocycles. The fraction of sp³-hybridized carbons (Fsp3) is 0.455. The molecule has 1 aromatic rings. The molecule has 0 spiro atoms. The van der Waals surface area contributed by atoms with E-state index in [-0.39, 0.29) is 12.2 Å². The third kappa shape index (κ3) is 3.76. The quantitative estimate of drug-likeness (QED) is 0.888. The summed E-state index contributed by atoms with van der Waals surface area (Å²) >= 11 is 0. The average Bonchev–Trinajstić information content (AvgIpc) is 2.83. The Hall–Kier alpha value is -1.48. The Morgan fingerprint density at radius 3 is 2.60 bits per heavy atom. The Kier molecular flexibility index (Phi) is 4.09. The fourth-order valence-corrected chi connectivity index (χ4v) is 3.30. The van der Waals surface area contributed by atoms with Gasteiger partial charge in [-0.2, -0.15) is 0 Å². The summed E-state index contributed by atoms with van der Waals surface area (Å²) in [5.41, 5.74) is -0.225. The van der Waals surface area contributed by atoms with Gasteiger partial charge in [-0.3, -0.25) is 4.72 Å². The number of hydrogen-bond donors (Lipinski definition) is 2. The minimum Gasteiger partial charge on any atom is -0.404 e. The van der Waals surface area contributed by atoms with Gasteiger partial charge in [0.25, 0.3) is 0 Å². The van der Waals surface area contributed by atoms with Gasteiger partial charge in [-0.25, -0.2) is 8.42 Å². The van der Waals surface area contributed by atoms with E-state index in [1.54, 1.807) is 0 Å². The summed E-state index contributed by atoms with van der Waals surface area (Å²) in [6.45, 7) is 0.837. The summed E-state index contributed by atoms with van der Waals surface area (Å²) in [5.74, 6) is -0.575. The molecular formula is C11H13F3N2O3S. The van der Waals surface area contributed by atoms with Crippen LogP contribution in [0.25, 0.3) is 0 Å². The molecule has 112 valence electrons. The summed E-state index contributed by atoms with van der Waals surface area (Å²) in [5, 5.41) is 2.22. The van der Waals surface area contributed by atoms with Gasteiger partial charge in [0.05, 0.1) is 10.9 Å². The first kappa shape index (κ1) is 14.9. The second-order valence-corrected chi connectivity index (χ2v) is 6.27. The van der Waals surface area contributed by atoms with Crippen LogP contribution in [0.2, 0.25) is 0 Å². The van der Waals surface area contributed by atoms with E-state index < -0.39 is 27.4 Å². The van der Waals surface area contributed by atoms with Crippen LogP contribution in [0.3, 0.4) is 0 Å². The first-order valence-corrected chi connectivity index (χ1v) is 7.40. The summed E-state index contributed by atoms with van der Waals surface area (Å²) in [4.78, 5) is 0. The molecule has 20 heavy (non-hydrogen) atoms. The Bertz CT molecular complexity index is 569. The van der Waals surface area contributed by atoms with Crippen molar-refractivity contribution in [3.63, 3.8) is 0 Å². The molecule has 2 rings (SSSR count). The van der Waals surface area contributed by atoms with E-state index in [2.05, 4.69) is 14.8 Å². The van der Waals surface area contributed by atoms with Crippen LogP contribution in [-0.2, 0) is 10.0 Å². The second-order valence-electron chi connectivity index (χ2n) is 4.31. The van der Waals surface area contributed by atoms with Crippen LogP contribution in [0, 0.1) is 0 Å². The van der Waals surface area contributed by atoms with Crippen molar-refractivity contribution in [2.24, 2.45) is 0 Å². The lowest BCUT2D eigenvalue weighted by molar-refractivity contribution is -0.274. The SMILES string of the molecule is O=S(=O)(Nc1ccccc1OC(F)(F)F)C1CCNC1. The number of para-hydroxylation sites is 2. The molecule has 0 radical (unpaired) electrons. The van der Waals surface area contributed by atoms with Crippen molar-refractivity contribution >= 4 is 15.7 Å². The van der Waals surface area contributed by atoms with Crippen molar-refractivity contribution in [2.75, 3.05) is 17.8 Å². The molecule has 0 aromatic heterocycles. The number of hydrogen-bond acceptors (Lipinski definition) is 4. The van der Waals surface area contributed by atoms with Crippen LogP contribution in [0.1, 0.15) is 6.42 Å². The number of alkyl halides is 3. The molecule has 1 aliphatic heterocycles. The summed E-state index contributed by atoms with van der Waals surface area (Å²) in [6, 6.07) is 5.03. The molecule has 0 saturated carbocycles. The van der Waals surface area contributed by atoms with Gasteiger partial charge in [0, 0.05) is 6.54 Å². The highest BCUT2D eigenvalue weighted by atomic mass is 32.2. The van der Waals surface area contributed by atoms with Crippen LogP contribution < -0.4 is 14.8 Å². The van der Waals surface area contributed by atoms with Crippen LogP contribution in [-0.4, -0.2) is 33.1 Å². The van der Waals surface area contributed by atoms with Gasteiger partial charge >= 0.3 is 6.36 Å². The number of nitrogens with one attached hydrogen (secondary N) is 2. The molecule has 1 fully saturated rings. The predicted molar refractivity (Wildman–Crippen MR) is 66.9 cm³/mol. The molecule has 1 unspecified atom stereocenters. The van der Waals surface area contributed by atoms with E-state index in [9.17, 15) is 21.6 Å². The Morgan fingerprint density at radius 2 is 2.00 bits per heavy atom. The van der Waals surface area contributed by atoms with Crippen molar-refractivity contribution < 1.29 is 26.3 Å². The smallest absolute Gasteiger partial charge is 0.404 e. The van der Waals surface area contributed by atoms with Gasteiger partial charge in [-0.15, -0.1) is 13.2 Å². The van der Waals surface area contributed by atoms with Crippen LogP contribution in [0.15, 0.2) is 24.3 Å². The molecule has 1 heterocycles. The lowest BCUT2D eigenvalue weighted by Crippen LogP contribution is -2.30. The maximum absolute atomic E-state index is 12.2. The molecule has 1 saturated heterocycles. The highest BCUT2D eigenvalue weighted by molar-refractivity contribution is 7.93. The number of ether oxygens (including phenoxy) is 1. The summed E-state index contributed by atoms with van der Waals surface area (Å²) < 4.78 is 66.8. The Balaban J connectivity index is 2.20. The van der Waals surface area contributed by atoms with E-state index in [1.807, 2.05) is 0 Å². The van der Waals surface area contributed by atoms with Crippen molar-refractivity contribution in [1.82, 2.24) is 5.32 Å². The van der Waals surface area contributed by atoms with Gasteiger partial charge in [0.2, 0.25) is 10.0 Å². The normalized spacial score (nSPS) is 19.9. The summed E-state index contributed by atoms with van der Waals surface area (Å²) in [7, 11) is -3.75. The topological polar surface area (TPSA) is 67.4 Å². The molecule has 2 N–H and O–H groups in total. The van der Waals surface area contributed by atoms with Crippen molar-refractivity contribution in [1.29, 1.82) is 0 Å². The number of sulfonamides is 1. The number of anilines is 1. The lowest BCUT2D eigenvalue weighted by Gasteiger charge is -2.16. The molecule has 9 heteroatoms. The third-order valence-electron chi connectivity index (χ3n) is 2.82. The Labute approximate surface area is 114 Å². The monoisotopic (exact) mass is 310 g/mol. The minimum absolute atomic E-state index is 0.225. The first-order chi connectivity index (χ1) is 9.28. The van der Waals surface area contributed by atoms with Gasteiger partial charge in [0.1, 0.15) is 0 Å². The highest BCUT2D eigenvalue weighted by Crippen LogP contribution is 2.31. The zero-order valence-electron chi connectivity index (χ0n) is 10.3. The van der Waals surface area contributed by atoms with Crippen LogP contribution >= 0.6 is 0 Å². The summed E-state index contributed by atoms with van der Waals surface area (Å²) in [6.07, 6.45) is -4.46. The largest absolute Gasteiger partial charge is 0.573 e. The van der Waals surface area contributed by atoms with Gasteiger partial charge in [-0.1, -0.05) is 12.1 Å². The van der Waals surface area contributed by atoms with E-state index in [4.69, 9.17) is 0 Å². The van der Waals surface area contributed by atoms with Gasteiger partial charge < -0.3 is 10.1 Å².